The number of hydrogen-bond donors (Lipinski definition) is 2. The monoisotopic (exact) mass is 429 g/mol. The summed E-state index contributed by atoms with van der Waals surface area (Å²) in [7, 11) is 0. The van der Waals surface area contributed by atoms with Gasteiger partial charge in [-0.2, -0.15) is 11.8 Å². The van der Waals surface area contributed by atoms with Gasteiger partial charge in [0.05, 0.1) is 5.56 Å². The van der Waals surface area contributed by atoms with Crippen LogP contribution in [-0.4, -0.2) is 47.6 Å². The van der Waals surface area contributed by atoms with Gasteiger partial charge < -0.3 is 19.9 Å². The summed E-state index contributed by atoms with van der Waals surface area (Å²) in [6, 6.07) is 13.4. The molecule has 0 fully saturated rings. The van der Waals surface area contributed by atoms with E-state index in [1.165, 1.54) is 11.8 Å². The summed E-state index contributed by atoms with van der Waals surface area (Å²) >= 11 is 1.52. The fourth-order valence-electron chi connectivity index (χ4n) is 3.17. The minimum absolute atomic E-state index is 0.284. The lowest BCUT2D eigenvalue weighted by Gasteiger charge is -2.25. The first-order valence-corrected chi connectivity index (χ1v) is 10.9. The van der Waals surface area contributed by atoms with Crippen molar-refractivity contribution in [1.29, 1.82) is 0 Å². The maximum absolute atomic E-state index is 12.2. The van der Waals surface area contributed by atoms with E-state index in [-0.39, 0.29) is 18.7 Å². The molecule has 0 radical (unpaired) electrons. The van der Waals surface area contributed by atoms with Gasteiger partial charge in [0.25, 0.3) is 5.91 Å². The zero-order valence-electron chi connectivity index (χ0n) is 16.5. The molecule has 0 bridgehead atoms. The molecular formula is C22H23NO6S. The third kappa shape index (κ3) is 5.54. The predicted octanol–water partition coefficient (Wildman–Crippen LogP) is 2.84. The summed E-state index contributed by atoms with van der Waals surface area (Å²) in [5.41, 5.74) is 2.37. The van der Waals surface area contributed by atoms with Crippen molar-refractivity contribution in [2.24, 2.45) is 0 Å². The van der Waals surface area contributed by atoms with E-state index in [0.717, 1.165) is 11.1 Å². The molecule has 158 valence electrons. The number of cyclic esters (lactones) is 1. The lowest BCUT2D eigenvalue weighted by molar-refractivity contribution is -0.142. The normalized spacial score (nSPS) is 16.2. The Balaban J connectivity index is 1.54. The number of carbonyl (C=O) groups is 3. The number of carboxylic acid groups (broad SMARTS) is 1. The van der Waals surface area contributed by atoms with E-state index in [9.17, 15) is 14.4 Å². The molecule has 0 aliphatic carbocycles. The molecule has 30 heavy (non-hydrogen) atoms. The van der Waals surface area contributed by atoms with Crippen molar-refractivity contribution in [3.05, 3.63) is 65.2 Å². The van der Waals surface area contributed by atoms with Crippen LogP contribution in [0.4, 0.5) is 0 Å². The van der Waals surface area contributed by atoms with Crippen LogP contribution in [0.2, 0.25) is 0 Å². The topological polar surface area (TPSA) is 102 Å². The number of esters is 1. The molecule has 1 amide bonds. The van der Waals surface area contributed by atoms with Crippen molar-refractivity contribution in [1.82, 2.24) is 5.32 Å². The molecule has 0 saturated carbocycles. The quantitative estimate of drug-likeness (QED) is 0.591. The Bertz CT molecular complexity index is 914. The van der Waals surface area contributed by atoms with Gasteiger partial charge in [0, 0.05) is 6.42 Å². The van der Waals surface area contributed by atoms with E-state index in [1.54, 1.807) is 30.3 Å². The Morgan fingerprint density at radius 1 is 1.23 bits per heavy atom. The molecule has 2 atom stereocenters. The molecular weight excluding hydrogens is 406 g/mol. The van der Waals surface area contributed by atoms with E-state index in [0.29, 0.717) is 29.9 Å². The molecule has 0 saturated heterocycles. The van der Waals surface area contributed by atoms with Crippen molar-refractivity contribution >= 4 is 29.6 Å². The van der Waals surface area contributed by atoms with Crippen molar-refractivity contribution in [3.63, 3.8) is 0 Å². The number of amides is 1. The average Bonchev–Trinajstić information content (AvgIpc) is 2.75. The number of nitrogens with one attached hydrogen (secondary N) is 1. The summed E-state index contributed by atoms with van der Waals surface area (Å²) < 4.78 is 11.0. The van der Waals surface area contributed by atoms with Crippen molar-refractivity contribution in [3.8, 4) is 5.75 Å². The van der Waals surface area contributed by atoms with Crippen LogP contribution in [0.5, 0.6) is 5.75 Å². The van der Waals surface area contributed by atoms with Crippen LogP contribution in [-0.2, 0) is 20.7 Å². The second-order valence-corrected chi connectivity index (χ2v) is 7.84. The molecule has 2 N–H and O–H groups in total. The maximum atomic E-state index is 12.2. The third-order valence-electron chi connectivity index (χ3n) is 4.76. The highest BCUT2D eigenvalue weighted by Crippen LogP contribution is 2.31. The van der Waals surface area contributed by atoms with Gasteiger partial charge in [-0.1, -0.05) is 30.3 Å². The average molecular weight is 429 g/mol. The molecule has 8 heteroatoms. The second kappa shape index (κ2) is 10.2. The van der Waals surface area contributed by atoms with Crippen LogP contribution < -0.4 is 10.1 Å². The molecule has 2 aromatic carbocycles. The largest absolute Gasteiger partial charge is 0.484 e. The van der Waals surface area contributed by atoms with Crippen LogP contribution in [0.3, 0.4) is 0 Å². The third-order valence-corrected chi connectivity index (χ3v) is 5.40. The molecule has 1 aliphatic heterocycles. The number of ether oxygens (including phenoxy) is 2. The lowest BCUT2D eigenvalue weighted by atomic mass is 9.95. The molecule has 2 aromatic rings. The number of benzene rings is 2. The lowest BCUT2D eigenvalue weighted by Crippen LogP contribution is -2.43. The summed E-state index contributed by atoms with van der Waals surface area (Å²) in [5, 5.41) is 11.6. The summed E-state index contributed by atoms with van der Waals surface area (Å²) in [4.78, 5) is 35.4. The Kier molecular flexibility index (Phi) is 7.35. The number of aliphatic carboxylic acids is 1. The standard InChI is InChI=1S/C22H23NO6S/c1-30-11-10-18(21(25)26)23-20(24)13-28-16-8-6-14(7-9-16)19-12-15-4-2-3-5-17(15)22(27)29-19/h2-9,18-19H,10-13H2,1H3,(H,23,24)(H,25,26)/t18-,19+/m1/s1. The predicted molar refractivity (Wildman–Crippen MR) is 113 cm³/mol. The number of fused-ring (bicyclic) bond motifs is 1. The van der Waals surface area contributed by atoms with Crippen LogP contribution in [0.25, 0.3) is 0 Å². The summed E-state index contributed by atoms with van der Waals surface area (Å²) in [6.07, 6.45) is 2.44. The Labute approximate surface area is 178 Å². The van der Waals surface area contributed by atoms with Gasteiger partial charge in [0.15, 0.2) is 6.61 Å². The first-order chi connectivity index (χ1) is 14.5. The van der Waals surface area contributed by atoms with E-state index in [1.807, 2.05) is 24.5 Å². The van der Waals surface area contributed by atoms with Crippen LogP contribution in [0.1, 0.15) is 34.0 Å². The van der Waals surface area contributed by atoms with Crippen LogP contribution in [0.15, 0.2) is 48.5 Å². The number of carboxylic acids is 1. The summed E-state index contributed by atoms with van der Waals surface area (Å²) in [5.74, 6) is -0.799. The highest BCUT2D eigenvalue weighted by atomic mass is 32.2. The highest BCUT2D eigenvalue weighted by molar-refractivity contribution is 7.98. The molecule has 1 aliphatic rings. The number of thioether (sulfide) groups is 1. The minimum atomic E-state index is -1.06. The van der Waals surface area contributed by atoms with Crippen LogP contribution >= 0.6 is 11.8 Å². The Morgan fingerprint density at radius 3 is 2.67 bits per heavy atom. The van der Waals surface area contributed by atoms with E-state index in [4.69, 9.17) is 14.6 Å². The van der Waals surface area contributed by atoms with E-state index in [2.05, 4.69) is 5.32 Å². The maximum Gasteiger partial charge on any atom is 0.339 e. The van der Waals surface area contributed by atoms with E-state index >= 15 is 0 Å². The molecule has 1 heterocycles. The first-order valence-electron chi connectivity index (χ1n) is 9.50. The van der Waals surface area contributed by atoms with Gasteiger partial charge in [-0.3, -0.25) is 4.79 Å². The smallest absolute Gasteiger partial charge is 0.339 e. The zero-order chi connectivity index (χ0) is 21.5. The minimum Gasteiger partial charge on any atom is -0.484 e. The van der Waals surface area contributed by atoms with E-state index < -0.39 is 17.9 Å². The zero-order valence-corrected chi connectivity index (χ0v) is 17.3. The Hall–Kier alpha value is -3.00. The van der Waals surface area contributed by atoms with Gasteiger partial charge in [-0.25, -0.2) is 9.59 Å². The molecule has 0 spiro atoms. The fraction of sp³-hybridized carbons (Fsp3) is 0.318. The molecule has 7 nitrogen and oxygen atoms in total. The second-order valence-electron chi connectivity index (χ2n) is 6.85. The number of hydrogen-bond acceptors (Lipinski definition) is 6. The summed E-state index contributed by atoms with van der Waals surface area (Å²) in [6.45, 7) is -0.284. The van der Waals surface area contributed by atoms with Crippen molar-refractivity contribution in [2.45, 2.75) is 25.0 Å². The molecule has 0 unspecified atom stereocenters. The molecule has 3 rings (SSSR count). The first kappa shape index (κ1) is 21.7. The van der Waals surface area contributed by atoms with Crippen molar-refractivity contribution in [2.75, 3.05) is 18.6 Å². The van der Waals surface area contributed by atoms with Gasteiger partial charge in [-0.05, 0) is 47.8 Å². The SMILES string of the molecule is CSCC[C@@H](NC(=O)COc1ccc([C@@H]2Cc3ccccc3C(=O)O2)cc1)C(=O)O. The van der Waals surface area contributed by atoms with Gasteiger partial charge in [-0.15, -0.1) is 0 Å². The van der Waals surface area contributed by atoms with Crippen LogP contribution in [0, 0.1) is 0 Å². The van der Waals surface area contributed by atoms with Gasteiger partial charge >= 0.3 is 11.9 Å². The highest BCUT2D eigenvalue weighted by Gasteiger charge is 2.27. The molecule has 0 aromatic heterocycles. The van der Waals surface area contributed by atoms with Crippen molar-refractivity contribution < 1.29 is 29.0 Å². The number of carbonyl (C=O) groups excluding carboxylic acids is 2. The Morgan fingerprint density at radius 2 is 1.97 bits per heavy atom. The van der Waals surface area contributed by atoms with Gasteiger partial charge in [0.1, 0.15) is 17.9 Å². The van der Waals surface area contributed by atoms with Gasteiger partial charge in [0.2, 0.25) is 0 Å². The number of rotatable bonds is 9. The fourth-order valence-corrected chi connectivity index (χ4v) is 3.65.